The largest absolute Gasteiger partial charge is 0.375 e. The van der Waals surface area contributed by atoms with Crippen molar-refractivity contribution in [1.82, 2.24) is 15.5 Å². The van der Waals surface area contributed by atoms with Gasteiger partial charge in [-0.2, -0.15) is 0 Å². The minimum absolute atomic E-state index is 0. The topological polar surface area (TPSA) is 82.7 Å². The summed E-state index contributed by atoms with van der Waals surface area (Å²) in [5, 5.41) is 8.83. The van der Waals surface area contributed by atoms with Crippen molar-refractivity contribution in [2.75, 3.05) is 32.6 Å². The lowest BCUT2D eigenvalue weighted by Gasteiger charge is -2.29. The van der Waals surface area contributed by atoms with Crippen LogP contribution in [0.1, 0.15) is 12.5 Å². The first-order valence-electron chi connectivity index (χ1n) is 7.67. The molecule has 134 valence electrons. The number of hydrogen-bond donors (Lipinski definition) is 3. The third-order valence-electron chi connectivity index (χ3n) is 3.65. The molecule has 1 fully saturated rings. The van der Waals surface area contributed by atoms with Crippen LogP contribution in [-0.2, 0) is 16.1 Å². The fourth-order valence-corrected chi connectivity index (χ4v) is 2.32. The van der Waals surface area contributed by atoms with Crippen molar-refractivity contribution >= 4 is 30.0 Å². The van der Waals surface area contributed by atoms with E-state index in [0.29, 0.717) is 25.4 Å². The van der Waals surface area contributed by atoms with Crippen molar-refractivity contribution in [3.63, 3.8) is 0 Å². The normalized spacial score (nSPS) is 19.8. The summed E-state index contributed by atoms with van der Waals surface area (Å²) in [6, 6.07) is 6.88. The predicted octanol–water partition coefficient (Wildman–Crippen LogP) is 1.20. The van der Waals surface area contributed by atoms with Crippen LogP contribution in [0.15, 0.2) is 24.3 Å². The minimum Gasteiger partial charge on any atom is -0.375 e. The van der Waals surface area contributed by atoms with Gasteiger partial charge in [0.1, 0.15) is 6.04 Å². The van der Waals surface area contributed by atoms with E-state index in [0.717, 1.165) is 5.56 Å². The molecular formula is C16H25ClN4O3. The molecule has 2 atom stereocenters. The number of halogens is 1. The Labute approximate surface area is 148 Å². The number of urea groups is 1. The number of carbonyl (C=O) groups is 2. The SMILES string of the molecule is C[C@H]1OCCN[C@@H]1C(=O)NCc1cccc(NC(=O)N(C)C)c1.Cl. The maximum atomic E-state index is 12.2. The number of hydrogen-bond acceptors (Lipinski definition) is 4. The van der Waals surface area contributed by atoms with E-state index in [9.17, 15) is 9.59 Å². The van der Waals surface area contributed by atoms with Crippen LogP contribution in [0.3, 0.4) is 0 Å². The number of carbonyl (C=O) groups excluding carboxylic acids is 2. The predicted molar refractivity (Wildman–Crippen MR) is 95.4 cm³/mol. The van der Waals surface area contributed by atoms with Crippen molar-refractivity contribution in [2.45, 2.75) is 25.6 Å². The Kier molecular flexibility index (Phi) is 7.97. The van der Waals surface area contributed by atoms with Gasteiger partial charge in [-0.05, 0) is 24.6 Å². The standard InChI is InChI=1S/C16H24N4O3.ClH/c1-11-14(17-7-8-23-11)15(21)18-10-12-5-4-6-13(9-12)19-16(22)20(2)3;/h4-6,9,11,14,17H,7-8,10H2,1-3H3,(H,18,21)(H,19,22);1H/t11-,14+;/m1./s1. The number of ether oxygens (including phenoxy) is 1. The quantitative estimate of drug-likeness (QED) is 0.757. The van der Waals surface area contributed by atoms with E-state index in [1.807, 2.05) is 31.2 Å². The van der Waals surface area contributed by atoms with E-state index >= 15 is 0 Å². The summed E-state index contributed by atoms with van der Waals surface area (Å²) in [7, 11) is 3.36. The van der Waals surface area contributed by atoms with E-state index in [4.69, 9.17) is 4.74 Å². The number of nitrogens with one attached hydrogen (secondary N) is 3. The number of amides is 3. The highest BCUT2D eigenvalue weighted by atomic mass is 35.5. The molecule has 1 aliphatic heterocycles. The molecule has 0 radical (unpaired) electrons. The average Bonchev–Trinajstić information content (AvgIpc) is 2.53. The number of nitrogens with zero attached hydrogens (tertiary/aromatic N) is 1. The molecule has 8 heteroatoms. The average molecular weight is 357 g/mol. The summed E-state index contributed by atoms with van der Waals surface area (Å²) in [6.45, 7) is 3.58. The molecule has 1 saturated heterocycles. The minimum atomic E-state index is -0.333. The highest BCUT2D eigenvalue weighted by Crippen LogP contribution is 2.11. The Morgan fingerprint density at radius 1 is 1.38 bits per heavy atom. The summed E-state index contributed by atoms with van der Waals surface area (Å²) in [4.78, 5) is 25.3. The number of rotatable bonds is 4. The molecule has 3 N–H and O–H groups in total. The van der Waals surface area contributed by atoms with Gasteiger partial charge in [-0.3, -0.25) is 4.79 Å². The van der Waals surface area contributed by atoms with Crippen molar-refractivity contribution in [3.05, 3.63) is 29.8 Å². The lowest BCUT2D eigenvalue weighted by atomic mass is 10.1. The van der Waals surface area contributed by atoms with Gasteiger partial charge in [0.25, 0.3) is 0 Å². The van der Waals surface area contributed by atoms with Gasteiger partial charge >= 0.3 is 6.03 Å². The molecule has 0 aliphatic carbocycles. The molecule has 0 spiro atoms. The van der Waals surface area contributed by atoms with E-state index in [1.54, 1.807) is 14.1 Å². The molecule has 0 bridgehead atoms. The molecule has 1 aromatic carbocycles. The molecule has 0 saturated carbocycles. The van der Waals surface area contributed by atoms with Gasteiger partial charge in [0.2, 0.25) is 5.91 Å². The van der Waals surface area contributed by atoms with E-state index in [1.165, 1.54) is 4.90 Å². The molecule has 24 heavy (non-hydrogen) atoms. The fourth-order valence-electron chi connectivity index (χ4n) is 2.32. The van der Waals surface area contributed by atoms with E-state index in [2.05, 4.69) is 16.0 Å². The van der Waals surface area contributed by atoms with E-state index in [-0.39, 0.29) is 36.5 Å². The Morgan fingerprint density at radius 2 is 2.12 bits per heavy atom. The van der Waals surface area contributed by atoms with Crippen molar-refractivity contribution in [3.8, 4) is 0 Å². The third-order valence-corrected chi connectivity index (χ3v) is 3.65. The zero-order chi connectivity index (χ0) is 16.8. The summed E-state index contributed by atoms with van der Waals surface area (Å²) in [6.07, 6.45) is -0.144. The molecule has 1 aliphatic rings. The van der Waals surface area contributed by atoms with Gasteiger partial charge < -0.3 is 25.6 Å². The number of anilines is 1. The number of benzene rings is 1. The maximum absolute atomic E-state index is 12.2. The van der Waals surface area contributed by atoms with Gasteiger partial charge in [-0.15, -0.1) is 12.4 Å². The van der Waals surface area contributed by atoms with Crippen LogP contribution in [0.4, 0.5) is 10.5 Å². The van der Waals surface area contributed by atoms with Crippen molar-refractivity contribution in [2.24, 2.45) is 0 Å². The first-order valence-corrected chi connectivity index (χ1v) is 7.67. The third kappa shape index (κ3) is 5.67. The summed E-state index contributed by atoms with van der Waals surface area (Å²) < 4.78 is 5.47. The first kappa shape index (κ1) is 20.2. The highest BCUT2D eigenvalue weighted by Gasteiger charge is 2.27. The summed E-state index contributed by atoms with van der Waals surface area (Å²) in [5.74, 6) is -0.0834. The molecule has 1 heterocycles. The second-order valence-electron chi connectivity index (χ2n) is 5.75. The van der Waals surface area contributed by atoms with Crippen molar-refractivity contribution in [1.29, 1.82) is 0 Å². The molecule has 0 unspecified atom stereocenters. The second kappa shape index (κ2) is 9.46. The van der Waals surface area contributed by atoms with Crippen molar-refractivity contribution < 1.29 is 14.3 Å². The lowest BCUT2D eigenvalue weighted by Crippen LogP contribution is -2.55. The highest BCUT2D eigenvalue weighted by molar-refractivity contribution is 5.89. The van der Waals surface area contributed by atoms with Crippen LogP contribution in [0.2, 0.25) is 0 Å². The lowest BCUT2D eigenvalue weighted by molar-refractivity contribution is -0.129. The smallest absolute Gasteiger partial charge is 0.321 e. The van der Waals surface area contributed by atoms with Crippen LogP contribution in [0, 0.1) is 0 Å². The summed E-state index contributed by atoms with van der Waals surface area (Å²) in [5.41, 5.74) is 1.61. The Morgan fingerprint density at radius 3 is 2.79 bits per heavy atom. The van der Waals surface area contributed by atoms with Gasteiger partial charge in [0.05, 0.1) is 12.7 Å². The maximum Gasteiger partial charge on any atom is 0.321 e. The zero-order valence-electron chi connectivity index (χ0n) is 14.2. The van der Waals surface area contributed by atoms with Gasteiger partial charge in [0, 0.05) is 32.9 Å². The monoisotopic (exact) mass is 356 g/mol. The van der Waals surface area contributed by atoms with E-state index < -0.39 is 0 Å². The van der Waals surface area contributed by atoms with Gasteiger partial charge in [-0.1, -0.05) is 12.1 Å². The Balaban J connectivity index is 0.00000288. The van der Waals surface area contributed by atoms with Crippen LogP contribution >= 0.6 is 12.4 Å². The molecule has 0 aromatic heterocycles. The van der Waals surface area contributed by atoms with Crippen LogP contribution in [0.5, 0.6) is 0 Å². The molecular weight excluding hydrogens is 332 g/mol. The first-order chi connectivity index (χ1) is 11.0. The molecule has 7 nitrogen and oxygen atoms in total. The van der Waals surface area contributed by atoms with Gasteiger partial charge in [-0.25, -0.2) is 4.79 Å². The molecule has 3 amide bonds. The molecule has 1 aromatic rings. The van der Waals surface area contributed by atoms with Crippen LogP contribution in [-0.4, -0.2) is 56.2 Å². The zero-order valence-corrected chi connectivity index (χ0v) is 15.0. The Hall–Kier alpha value is -1.83. The number of morpholine rings is 1. The Bertz CT molecular complexity index is 568. The molecule has 2 rings (SSSR count). The fraction of sp³-hybridized carbons (Fsp3) is 0.500. The van der Waals surface area contributed by atoms with Crippen LogP contribution < -0.4 is 16.0 Å². The van der Waals surface area contributed by atoms with Crippen LogP contribution in [0.25, 0.3) is 0 Å². The second-order valence-corrected chi connectivity index (χ2v) is 5.75. The summed E-state index contributed by atoms with van der Waals surface area (Å²) >= 11 is 0. The van der Waals surface area contributed by atoms with Gasteiger partial charge in [0.15, 0.2) is 0 Å².